The molecular weight excluding hydrogens is 308 g/mol. The van der Waals surface area contributed by atoms with Crippen LogP contribution in [0.1, 0.15) is 20.3 Å². The van der Waals surface area contributed by atoms with Gasteiger partial charge >= 0.3 is 0 Å². The molecule has 7 heteroatoms. The maximum atomic E-state index is 11.9. The Bertz CT molecular complexity index is 668. The van der Waals surface area contributed by atoms with Gasteiger partial charge in [-0.25, -0.2) is 4.98 Å². The average molecular weight is 330 g/mol. The molecule has 1 aromatic carbocycles. The van der Waals surface area contributed by atoms with Crippen molar-refractivity contribution in [1.82, 2.24) is 14.9 Å². The summed E-state index contributed by atoms with van der Waals surface area (Å²) in [5.74, 6) is -0.380. The zero-order valence-electron chi connectivity index (χ0n) is 13.8. The van der Waals surface area contributed by atoms with Gasteiger partial charge in [0, 0.05) is 18.1 Å². The molecule has 0 radical (unpaired) electrons. The molecule has 2 amide bonds. The van der Waals surface area contributed by atoms with Crippen molar-refractivity contribution in [2.45, 2.75) is 26.3 Å². The lowest BCUT2D eigenvalue weighted by Gasteiger charge is -2.21. The largest absolute Gasteiger partial charge is 0.484 e. The maximum Gasteiger partial charge on any atom is 0.258 e. The summed E-state index contributed by atoms with van der Waals surface area (Å²) in [4.78, 5) is 27.4. The Morgan fingerprint density at radius 2 is 2.04 bits per heavy atom. The van der Waals surface area contributed by atoms with E-state index in [0.29, 0.717) is 5.75 Å². The van der Waals surface area contributed by atoms with E-state index in [-0.39, 0.29) is 18.4 Å². The Labute approximate surface area is 140 Å². The summed E-state index contributed by atoms with van der Waals surface area (Å²) in [6, 6.07) is 6.57. The van der Waals surface area contributed by atoms with Crippen LogP contribution in [-0.2, 0) is 9.59 Å². The van der Waals surface area contributed by atoms with Crippen LogP contribution in [0.25, 0.3) is 5.69 Å². The molecule has 0 aliphatic carbocycles. The van der Waals surface area contributed by atoms with Gasteiger partial charge in [-0.05, 0) is 30.2 Å². The van der Waals surface area contributed by atoms with Crippen molar-refractivity contribution in [2.75, 3.05) is 6.61 Å². The highest BCUT2D eigenvalue weighted by Gasteiger charge is 2.23. The molecule has 2 atom stereocenters. The fraction of sp³-hybridized carbons (Fsp3) is 0.353. The Kier molecular flexibility index (Phi) is 5.95. The SMILES string of the molecule is CCC(C)C(NC(=O)COc1ccc(-n2ccnc2)cc1)C(N)=O. The van der Waals surface area contributed by atoms with E-state index in [1.807, 2.05) is 36.7 Å². The second-order valence-electron chi connectivity index (χ2n) is 5.59. The van der Waals surface area contributed by atoms with E-state index in [1.165, 1.54) is 0 Å². The quantitative estimate of drug-likeness (QED) is 0.761. The summed E-state index contributed by atoms with van der Waals surface area (Å²) >= 11 is 0. The number of hydrogen-bond donors (Lipinski definition) is 2. The van der Waals surface area contributed by atoms with Crippen molar-refractivity contribution in [2.24, 2.45) is 11.7 Å². The number of amides is 2. The van der Waals surface area contributed by atoms with Crippen LogP contribution in [0.2, 0.25) is 0 Å². The molecule has 24 heavy (non-hydrogen) atoms. The van der Waals surface area contributed by atoms with Gasteiger partial charge in [0.25, 0.3) is 5.91 Å². The number of aromatic nitrogens is 2. The number of nitrogens with one attached hydrogen (secondary N) is 1. The smallest absolute Gasteiger partial charge is 0.258 e. The molecule has 128 valence electrons. The van der Waals surface area contributed by atoms with Crippen molar-refractivity contribution in [3.8, 4) is 11.4 Å². The van der Waals surface area contributed by atoms with E-state index < -0.39 is 11.9 Å². The molecular formula is C17H22N4O3. The van der Waals surface area contributed by atoms with Crippen LogP contribution in [0, 0.1) is 5.92 Å². The third kappa shape index (κ3) is 4.58. The van der Waals surface area contributed by atoms with Crippen LogP contribution in [0.5, 0.6) is 5.75 Å². The Balaban J connectivity index is 1.88. The highest BCUT2D eigenvalue weighted by molar-refractivity contribution is 5.87. The number of benzene rings is 1. The highest BCUT2D eigenvalue weighted by Crippen LogP contribution is 2.15. The predicted molar refractivity (Wildman–Crippen MR) is 89.6 cm³/mol. The maximum absolute atomic E-state index is 11.9. The molecule has 0 saturated carbocycles. The van der Waals surface area contributed by atoms with Crippen molar-refractivity contribution in [3.63, 3.8) is 0 Å². The van der Waals surface area contributed by atoms with Gasteiger partial charge in [-0.1, -0.05) is 20.3 Å². The van der Waals surface area contributed by atoms with Gasteiger partial charge in [0.1, 0.15) is 11.8 Å². The zero-order valence-corrected chi connectivity index (χ0v) is 13.8. The van der Waals surface area contributed by atoms with Gasteiger partial charge in [0.05, 0.1) is 6.33 Å². The number of hydrogen-bond acceptors (Lipinski definition) is 4. The molecule has 0 fully saturated rings. The van der Waals surface area contributed by atoms with Crippen molar-refractivity contribution < 1.29 is 14.3 Å². The normalized spacial score (nSPS) is 13.1. The van der Waals surface area contributed by atoms with Gasteiger partial charge in [-0.15, -0.1) is 0 Å². The number of ether oxygens (including phenoxy) is 1. The van der Waals surface area contributed by atoms with Crippen LogP contribution >= 0.6 is 0 Å². The van der Waals surface area contributed by atoms with E-state index >= 15 is 0 Å². The zero-order chi connectivity index (χ0) is 17.5. The molecule has 1 aromatic heterocycles. The summed E-state index contributed by atoms with van der Waals surface area (Å²) in [7, 11) is 0. The fourth-order valence-electron chi connectivity index (χ4n) is 2.22. The lowest BCUT2D eigenvalue weighted by molar-refractivity contribution is -0.129. The van der Waals surface area contributed by atoms with E-state index in [2.05, 4.69) is 10.3 Å². The first-order valence-corrected chi connectivity index (χ1v) is 7.81. The lowest BCUT2D eigenvalue weighted by atomic mass is 9.99. The average Bonchev–Trinajstić information content (AvgIpc) is 3.12. The molecule has 2 aromatic rings. The summed E-state index contributed by atoms with van der Waals surface area (Å²) < 4.78 is 7.31. The lowest BCUT2D eigenvalue weighted by Crippen LogP contribution is -2.49. The molecule has 0 saturated heterocycles. The minimum Gasteiger partial charge on any atom is -0.484 e. The number of imidazole rings is 1. The van der Waals surface area contributed by atoms with E-state index in [1.54, 1.807) is 24.7 Å². The molecule has 0 aliphatic rings. The third-order valence-corrected chi connectivity index (χ3v) is 3.85. The standard InChI is InChI=1S/C17H22N4O3/c1-3-12(2)16(17(18)23)20-15(22)10-24-14-6-4-13(5-7-14)21-9-8-19-11-21/h4-9,11-12,16H,3,10H2,1-2H3,(H2,18,23)(H,20,22). The monoisotopic (exact) mass is 330 g/mol. The molecule has 0 spiro atoms. The van der Waals surface area contributed by atoms with Gasteiger partial charge in [-0.2, -0.15) is 0 Å². The molecule has 3 N–H and O–H groups in total. The van der Waals surface area contributed by atoms with Crippen molar-refractivity contribution in [1.29, 1.82) is 0 Å². The first kappa shape index (κ1) is 17.5. The van der Waals surface area contributed by atoms with Crippen molar-refractivity contribution in [3.05, 3.63) is 43.0 Å². The Hall–Kier alpha value is -2.83. The molecule has 1 heterocycles. The topological polar surface area (TPSA) is 99.2 Å². The number of carbonyl (C=O) groups is 2. The van der Waals surface area contributed by atoms with Gasteiger partial charge < -0.3 is 20.4 Å². The van der Waals surface area contributed by atoms with Gasteiger partial charge in [-0.3, -0.25) is 9.59 Å². The molecule has 0 aliphatic heterocycles. The third-order valence-electron chi connectivity index (χ3n) is 3.85. The number of rotatable bonds is 8. The summed E-state index contributed by atoms with van der Waals surface area (Å²) in [5, 5.41) is 2.62. The Morgan fingerprint density at radius 1 is 1.33 bits per heavy atom. The first-order valence-electron chi connectivity index (χ1n) is 7.81. The van der Waals surface area contributed by atoms with Crippen LogP contribution in [0.15, 0.2) is 43.0 Å². The number of nitrogens with two attached hydrogens (primary N) is 1. The van der Waals surface area contributed by atoms with E-state index in [9.17, 15) is 9.59 Å². The molecule has 2 rings (SSSR count). The Morgan fingerprint density at radius 3 is 2.58 bits per heavy atom. The highest BCUT2D eigenvalue weighted by atomic mass is 16.5. The number of carbonyl (C=O) groups excluding carboxylic acids is 2. The summed E-state index contributed by atoms with van der Waals surface area (Å²) in [6.45, 7) is 3.63. The van der Waals surface area contributed by atoms with Crippen LogP contribution in [0.4, 0.5) is 0 Å². The fourth-order valence-corrected chi connectivity index (χ4v) is 2.22. The first-order chi connectivity index (χ1) is 11.5. The van der Waals surface area contributed by atoms with Crippen LogP contribution in [0.3, 0.4) is 0 Å². The second-order valence-corrected chi connectivity index (χ2v) is 5.59. The predicted octanol–water partition coefficient (Wildman–Crippen LogP) is 1.27. The summed E-state index contributed by atoms with van der Waals surface area (Å²) in [5.41, 5.74) is 6.27. The minimum atomic E-state index is -0.685. The number of primary amides is 1. The summed E-state index contributed by atoms with van der Waals surface area (Å²) in [6.07, 6.45) is 5.97. The molecule has 7 nitrogen and oxygen atoms in total. The van der Waals surface area contributed by atoms with E-state index in [4.69, 9.17) is 10.5 Å². The van der Waals surface area contributed by atoms with Crippen LogP contribution in [-0.4, -0.2) is 34.0 Å². The molecule has 0 bridgehead atoms. The number of nitrogens with zero attached hydrogens (tertiary/aromatic N) is 2. The van der Waals surface area contributed by atoms with Crippen molar-refractivity contribution >= 4 is 11.8 Å². The van der Waals surface area contributed by atoms with Gasteiger partial charge in [0.15, 0.2) is 6.61 Å². The van der Waals surface area contributed by atoms with Gasteiger partial charge in [0.2, 0.25) is 5.91 Å². The molecule has 2 unspecified atom stereocenters. The van der Waals surface area contributed by atoms with E-state index in [0.717, 1.165) is 12.1 Å². The minimum absolute atomic E-state index is 0.0269. The van der Waals surface area contributed by atoms with Crippen LogP contribution < -0.4 is 15.8 Å². The second kappa shape index (κ2) is 8.14.